The van der Waals surface area contributed by atoms with E-state index in [-0.39, 0.29) is 22.8 Å². The number of aromatic amines is 1. The van der Waals surface area contributed by atoms with Crippen LogP contribution in [0.1, 0.15) is 21.7 Å². The lowest BCUT2D eigenvalue weighted by Crippen LogP contribution is -2.01. The molecule has 16 heavy (non-hydrogen) atoms. The van der Waals surface area contributed by atoms with Gasteiger partial charge in [0.1, 0.15) is 11.5 Å². The van der Waals surface area contributed by atoms with Gasteiger partial charge in [0.15, 0.2) is 0 Å². The van der Waals surface area contributed by atoms with Gasteiger partial charge in [0.05, 0.1) is 5.69 Å². The molecule has 0 saturated heterocycles. The van der Waals surface area contributed by atoms with E-state index in [0.717, 1.165) is 5.69 Å². The van der Waals surface area contributed by atoms with E-state index < -0.39 is 0 Å². The van der Waals surface area contributed by atoms with Crippen molar-refractivity contribution in [2.75, 3.05) is 0 Å². The van der Waals surface area contributed by atoms with Gasteiger partial charge in [-0.05, 0) is 31.2 Å². The molecule has 0 aliphatic heterocycles. The summed E-state index contributed by atoms with van der Waals surface area (Å²) in [7, 11) is 0. The number of carbonyl (C=O) groups is 1. The number of ketones is 1. The van der Waals surface area contributed by atoms with Gasteiger partial charge in [0.25, 0.3) is 0 Å². The maximum atomic E-state index is 11.9. The molecule has 0 radical (unpaired) electrons. The topological polar surface area (TPSA) is 73.3 Å². The van der Waals surface area contributed by atoms with Crippen LogP contribution in [0, 0.1) is 6.92 Å². The number of hydrogen-bond donors (Lipinski definition) is 3. The molecule has 2 rings (SSSR count). The molecule has 0 fully saturated rings. The predicted molar refractivity (Wildman–Crippen MR) is 58.7 cm³/mol. The monoisotopic (exact) mass is 217 g/mol. The molecule has 1 aromatic carbocycles. The Morgan fingerprint density at radius 1 is 1.12 bits per heavy atom. The van der Waals surface area contributed by atoms with Crippen molar-refractivity contribution in [2.24, 2.45) is 0 Å². The van der Waals surface area contributed by atoms with E-state index in [4.69, 9.17) is 0 Å². The molecular formula is C12H11NO3. The van der Waals surface area contributed by atoms with Crippen LogP contribution in [-0.4, -0.2) is 21.0 Å². The molecule has 0 aliphatic carbocycles. The molecule has 2 aromatic rings. The first-order valence-electron chi connectivity index (χ1n) is 4.79. The maximum absolute atomic E-state index is 11.9. The number of carbonyl (C=O) groups excluding carboxylic acids is 1. The third-order valence-electron chi connectivity index (χ3n) is 2.24. The second-order valence-electron chi connectivity index (χ2n) is 3.62. The van der Waals surface area contributed by atoms with Crippen LogP contribution < -0.4 is 0 Å². The summed E-state index contributed by atoms with van der Waals surface area (Å²) in [6.45, 7) is 1.84. The van der Waals surface area contributed by atoms with Gasteiger partial charge in [0, 0.05) is 17.3 Å². The molecule has 0 bridgehead atoms. The van der Waals surface area contributed by atoms with Gasteiger partial charge >= 0.3 is 0 Å². The van der Waals surface area contributed by atoms with E-state index in [0.29, 0.717) is 5.69 Å². The van der Waals surface area contributed by atoms with Crippen molar-refractivity contribution in [1.82, 2.24) is 4.98 Å². The Labute approximate surface area is 92.2 Å². The van der Waals surface area contributed by atoms with Gasteiger partial charge in [-0.15, -0.1) is 0 Å². The van der Waals surface area contributed by atoms with Crippen molar-refractivity contribution < 1.29 is 15.0 Å². The van der Waals surface area contributed by atoms with Gasteiger partial charge in [-0.3, -0.25) is 4.79 Å². The fraction of sp³-hybridized carbons (Fsp3) is 0.0833. The standard InChI is InChI=1S/C12H11NO3/c1-7-2-3-11(13-7)12(16)8-4-9(14)6-10(15)5-8/h2-6,13-15H,1H3. The minimum absolute atomic E-state index is 0.133. The molecule has 0 atom stereocenters. The minimum atomic E-state index is -0.265. The van der Waals surface area contributed by atoms with Gasteiger partial charge < -0.3 is 15.2 Å². The average Bonchev–Trinajstić information content (AvgIpc) is 2.62. The Bertz CT molecular complexity index is 523. The highest BCUT2D eigenvalue weighted by Crippen LogP contribution is 2.22. The molecule has 4 heteroatoms. The van der Waals surface area contributed by atoms with E-state index in [1.165, 1.54) is 18.2 Å². The Morgan fingerprint density at radius 3 is 2.25 bits per heavy atom. The number of phenols is 2. The van der Waals surface area contributed by atoms with Crippen LogP contribution in [0.25, 0.3) is 0 Å². The number of benzene rings is 1. The van der Waals surface area contributed by atoms with Crippen molar-refractivity contribution in [3.05, 3.63) is 47.3 Å². The smallest absolute Gasteiger partial charge is 0.209 e. The largest absolute Gasteiger partial charge is 0.508 e. The van der Waals surface area contributed by atoms with Crippen LogP contribution in [0.2, 0.25) is 0 Å². The normalized spacial score (nSPS) is 10.3. The third-order valence-corrected chi connectivity index (χ3v) is 2.24. The highest BCUT2D eigenvalue weighted by molar-refractivity contribution is 6.08. The molecule has 0 saturated carbocycles. The molecule has 0 aliphatic rings. The Morgan fingerprint density at radius 2 is 1.75 bits per heavy atom. The van der Waals surface area contributed by atoms with Crippen LogP contribution in [0.4, 0.5) is 0 Å². The molecular weight excluding hydrogens is 206 g/mol. The number of aryl methyl sites for hydroxylation is 1. The number of aromatic hydroxyl groups is 2. The molecule has 0 amide bonds. The molecule has 0 spiro atoms. The van der Waals surface area contributed by atoms with Gasteiger partial charge in [0.2, 0.25) is 5.78 Å². The number of rotatable bonds is 2. The minimum Gasteiger partial charge on any atom is -0.508 e. The zero-order valence-corrected chi connectivity index (χ0v) is 8.69. The van der Waals surface area contributed by atoms with Crippen LogP contribution in [0.3, 0.4) is 0 Å². The lowest BCUT2D eigenvalue weighted by molar-refractivity contribution is 0.103. The second-order valence-corrected chi connectivity index (χ2v) is 3.62. The van der Waals surface area contributed by atoms with Crippen LogP contribution in [0.15, 0.2) is 30.3 Å². The highest BCUT2D eigenvalue weighted by Gasteiger charge is 2.12. The van der Waals surface area contributed by atoms with Crippen LogP contribution >= 0.6 is 0 Å². The highest BCUT2D eigenvalue weighted by atomic mass is 16.3. The third kappa shape index (κ3) is 1.91. The molecule has 82 valence electrons. The van der Waals surface area contributed by atoms with Crippen LogP contribution in [0.5, 0.6) is 11.5 Å². The Kier molecular flexibility index (Phi) is 2.40. The molecule has 4 nitrogen and oxygen atoms in total. The Hall–Kier alpha value is -2.23. The van der Waals surface area contributed by atoms with E-state index >= 15 is 0 Å². The summed E-state index contributed by atoms with van der Waals surface area (Å²) in [5.41, 5.74) is 1.56. The Balaban J connectivity index is 2.41. The summed E-state index contributed by atoms with van der Waals surface area (Å²) < 4.78 is 0. The van der Waals surface area contributed by atoms with Crippen molar-refractivity contribution in [3.8, 4) is 11.5 Å². The average molecular weight is 217 g/mol. The van der Waals surface area contributed by atoms with E-state index in [2.05, 4.69) is 4.98 Å². The second kappa shape index (κ2) is 3.73. The number of aromatic nitrogens is 1. The van der Waals surface area contributed by atoms with Crippen molar-refractivity contribution in [1.29, 1.82) is 0 Å². The number of phenolic OH excluding ortho intramolecular Hbond substituents is 2. The van der Waals surface area contributed by atoms with Crippen LogP contribution in [-0.2, 0) is 0 Å². The van der Waals surface area contributed by atoms with Crippen molar-refractivity contribution in [3.63, 3.8) is 0 Å². The van der Waals surface area contributed by atoms with Gasteiger partial charge in [-0.2, -0.15) is 0 Å². The first-order chi connectivity index (χ1) is 7.56. The zero-order chi connectivity index (χ0) is 11.7. The molecule has 1 heterocycles. The molecule has 1 aromatic heterocycles. The van der Waals surface area contributed by atoms with Crippen molar-refractivity contribution >= 4 is 5.78 Å². The summed E-state index contributed by atoms with van der Waals surface area (Å²) >= 11 is 0. The zero-order valence-electron chi connectivity index (χ0n) is 8.69. The lowest BCUT2D eigenvalue weighted by Gasteiger charge is -2.01. The fourth-order valence-electron chi connectivity index (χ4n) is 1.52. The fourth-order valence-corrected chi connectivity index (χ4v) is 1.52. The summed E-state index contributed by atoms with van der Waals surface area (Å²) in [6.07, 6.45) is 0. The molecule has 0 unspecified atom stereocenters. The van der Waals surface area contributed by atoms with E-state index in [9.17, 15) is 15.0 Å². The van der Waals surface area contributed by atoms with Gasteiger partial charge in [-0.25, -0.2) is 0 Å². The quantitative estimate of drug-likeness (QED) is 0.673. The summed E-state index contributed by atoms with van der Waals surface area (Å²) in [4.78, 5) is 14.8. The number of hydrogen-bond acceptors (Lipinski definition) is 3. The van der Waals surface area contributed by atoms with Gasteiger partial charge in [-0.1, -0.05) is 0 Å². The summed E-state index contributed by atoms with van der Waals surface area (Å²) in [5.74, 6) is -0.530. The molecule has 3 N–H and O–H groups in total. The van der Waals surface area contributed by atoms with E-state index in [1.807, 2.05) is 6.92 Å². The first kappa shape index (κ1) is 10.3. The van der Waals surface area contributed by atoms with E-state index in [1.54, 1.807) is 12.1 Å². The first-order valence-corrected chi connectivity index (χ1v) is 4.79. The lowest BCUT2D eigenvalue weighted by atomic mass is 10.1. The maximum Gasteiger partial charge on any atom is 0.209 e. The van der Waals surface area contributed by atoms with Crippen molar-refractivity contribution in [2.45, 2.75) is 6.92 Å². The predicted octanol–water partition coefficient (Wildman–Crippen LogP) is 1.97. The summed E-state index contributed by atoms with van der Waals surface area (Å²) in [6, 6.07) is 7.27. The summed E-state index contributed by atoms with van der Waals surface area (Å²) in [5, 5.41) is 18.5. The number of nitrogens with one attached hydrogen (secondary N) is 1. The SMILES string of the molecule is Cc1ccc(C(=O)c2cc(O)cc(O)c2)[nH]1. The number of H-pyrrole nitrogens is 1.